The maximum atomic E-state index is 4.58. The van der Waals surface area contributed by atoms with E-state index in [1.807, 2.05) is 13.0 Å². The van der Waals surface area contributed by atoms with Gasteiger partial charge in [0, 0.05) is 18.2 Å². The standard InChI is InChI=1S/C17H21N3/c1-3-18-17-11-16(19-12(2)20-17)15-9-5-8-14(10-15)13-6-4-7-13/h5,8-11,13H,3-4,6-7H2,1-2H3,(H,18,19,20). The molecule has 1 aromatic carbocycles. The molecule has 1 aliphatic rings. The molecule has 0 amide bonds. The van der Waals surface area contributed by atoms with E-state index in [2.05, 4.69) is 46.5 Å². The molecule has 1 fully saturated rings. The Bertz CT molecular complexity index is 603. The lowest BCUT2D eigenvalue weighted by molar-refractivity contribution is 0.420. The van der Waals surface area contributed by atoms with Crippen LogP contribution in [0.2, 0.25) is 0 Å². The molecule has 1 aromatic heterocycles. The minimum atomic E-state index is 0.756. The van der Waals surface area contributed by atoms with E-state index in [1.54, 1.807) is 0 Å². The van der Waals surface area contributed by atoms with Crippen LogP contribution in [-0.2, 0) is 0 Å². The van der Waals surface area contributed by atoms with E-state index in [0.717, 1.165) is 29.8 Å². The van der Waals surface area contributed by atoms with Crippen LogP contribution >= 0.6 is 0 Å². The van der Waals surface area contributed by atoms with E-state index in [9.17, 15) is 0 Å². The Labute approximate surface area is 120 Å². The van der Waals surface area contributed by atoms with Gasteiger partial charge in [-0.15, -0.1) is 0 Å². The third kappa shape index (κ3) is 2.67. The Kier molecular flexibility index (Phi) is 3.68. The number of benzene rings is 1. The molecule has 3 nitrogen and oxygen atoms in total. The molecule has 1 aliphatic carbocycles. The Morgan fingerprint density at radius 1 is 1.20 bits per heavy atom. The lowest BCUT2D eigenvalue weighted by atomic mass is 9.79. The van der Waals surface area contributed by atoms with Crippen LogP contribution in [0.15, 0.2) is 30.3 Å². The molecule has 1 heterocycles. The first-order valence-electron chi connectivity index (χ1n) is 7.46. The predicted octanol–water partition coefficient (Wildman–Crippen LogP) is 4.15. The van der Waals surface area contributed by atoms with Gasteiger partial charge in [-0.05, 0) is 44.2 Å². The fourth-order valence-corrected chi connectivity index (χ4v) is 2.68. The summed E-state index contributed by atoms with van der Waals surface area (Å²) in [5.74, 6) is 2.47. The number of nitrogens with one attached hydrogen (secondary N) is 1. The van der Waals surface area contributed by atoms with Crippen molar-refractivity contribution in [3.63, 3.8) is 0 Å². The minimum absolute atomic E-state index is 0.756. The molecule has 2 aromatic rings. The molecule has 0 atom stereocenters. The Balaban J connectivity index is 1.95. The molecule has 0 aliphatic heterocycles. The number of hydrogen-bond acceptors (Lipinski definition) is 3. The number of aryl methyl sites for hydroxylation is 1. The van der Waals surface area contributed by atoms with Crippen molar-refractivity contribution in [2.24, 2.45) is 0 Å². The molecule has 0 spiro atoms. The maximum Gasteiger partial charge on any atom is 0.130 e. The maximum absolute atomic E-state index is 4.58. The number of anilines is 1. The summed E-state index contributed by atoms with van der Waals surface area (Å²) in [6.45, 7) is 4.90. The van der Waals surface area contributed by atoms with Crippen LogP contribution in [0, 0.1) is 6.92 Å². The van der Waals surface area contributed by atoms with Crippen LogP contribution in [0.4, 0.5) is 5.82 Å². The van der Waals surface area contributed by atoms with Gasteiger partial charge >= 0.3 is 0 Å². The van der Waals surface area contributed by atoms with Crippen molar-refractivity contribution in [1.82, 2.24) is 9.97 Å². The molecule has 0 bridgehead atoms. The fourth-order valence-electron chi connectivity index (χ4n) is 2.68. The van der Waals surface area contributed by atoms with Gasteiger partial charge in [-0.3, -0.25) is 0 Å². The van der Waals surface area contributed by atoms with Crippen molar-refractivity contribution in [3.05, 3.63) is 41.7 Å². The zero-order valence-corrected chi connectivity index (χ0v) is 12.2. The van der Waals surface area contributed by atoms with E-state index in [0.29, 0.717) is 0 Å². The van der Waals surface area contributed by atoms with Crippen LogP contribution in [-0.4, -0.2) is 16.5 Å². The van der Waals surface area contributed by atoms with Gasteiger partial charge in [-0.25, -0.2) is 9.97 Å². The first-order chi connectivity index (χ1) is 9.76. The van der Waals surface area contributed by atoms with E-state index in [4.69, 9.17) is 0 Å². The van der Waals surface area contributed by atoms with Crippen molar-refractivity contribution in [2.75, 3.05) is 11.9 Å². The molecule has 104 valence electrons. The zero-order chi connectivity index (χ0) is 13.9. The average Bonchev–Trinajstić information content (AvgIpc) is 2.37. The number of hydrogen-bond donors (Lipinski definition) is 1. The molecule has 1 saturated carbocycles. The van der Waals surface area contributed by atoms with Crippen LogP contribution in [0.1, 0.15) is 43.5 Å². The largest absolute Gasteiger partial charge is 0.370 e. The molecule has 0 radical (unpaired) electrons. The van der Waals surface area contributed by atoms with Crippen LogP contribution in [0.3, 0.4) is 0 Å². The van der Waals surface area contributed by atoms with Crippen molar-refractivity contribution < 1.29 is 0 Å². The molecule has 3 heteroatoms. The summed E-state index contributed by atoms with van der Waals surface area (Å²) in [6, 6.07) is 10.9. The predicted molar refractivity (Wildman–Crippen MR) is 83.0 cm³/mol. The summed E-state index contributed by atoms with van der Waals surface area (Å²) in [7, 11) is 0. The van der Waals surface area contributed by atoms with Crippen molar-refractivity contribution in [1.29, 1.82) is 0 Å². The number of rotatable bonds is 4. The summed E-state index contributed by atoms with van der Waals surface area (Å²) in [5.41, 5.74) is 3.66. The molecular formula is C17H21N3. The fraction of sp³-hybridized carbons (Fsp3) is 0.412. The van der Waals surface area contributed by atoms with Gasteiger partial charge < -0.3 is 5.32 Å². The third-order valence-corrected chi connectivity index (χ3v) is 3.95. The minimum Gasteiger partial charge on any atom is -0.370 e. The number of aromatic nitrogens is 2. The quantitative estimate of drug-likeness (QED) is 0.904. The van der Waals surface area contributed by atoms with Gasteiger partial charge in [-0.1, -0.05) is 24.6 Å². The van der Waals surface area contributed by atoms with Gasteiger partial charge in [0.1, 0.15) is 11.6 Å². The van der Waals surface area contributed by atoms with Crippen molar-refractivity contribution in [3.8, 4) is 11.3 Å². The lowest BCUT2D eigenvalue weighted by Crippen LogP contribution is -2.08. The van der Waals surface area contributed by atoms with Crippen LogP contribution < -0.4 is 5.32 Å². The first-order valence-corrected chi connectivity index (χ1v) is 7.46. The Hall–Kier alpha value is -1.90. The molecule has 20 heavy (non-hydrogen) atoms. The monoisotopic (exact) mass is 267 g/mol. The van der Waals surface area contributed by atoms with Gasteiger partial charge in [0.05, 0.1) is 5.69 Å². The molecule has 0 saturated heterocycles. The van der Waals surface area contributed by atoms with Gasteiger partial charge in [0.2, 0.25) is 0 Å². The van der Waals surface area contributed by atoms with E-state index < -0.39 is 0 Å². The van der Waals surface area contributed by atoms with E-state index in [1.165, 1.54) is 30.4 Å². The van der Waals surface area contributed by atoms with Gasteiger partial charge in [0.15, 0.2) is 0 Å². The average molecular weight is 267 g/mol. The van der Waals surface area contributed by atoms with E-state index in [-0.39, 0.29) is 0 Å². The zero-order valence-electron chi connectivity index (χ0n) is 12.2. The molecule has 3 rings (SSSR count). The number of nitrogens with zero attached hydrogens (tertiary/aromatic N) is 2. The SMILES string of the molecule is CCNc1cc(-c2cccc(C3CCC3)c2)nc(C)n1. The second-order valence-corrected chi connectivity index (χ2v) is 5.47. The van der Waals surface area contributed by atoms with Crippen LogP contribution in [0.25, 0.3) is 11.3 Å². The second-order valence-electron chi connectivity index (χ2n) is 5.47. The summed E-state index contributed by atoms with van der Waals surface area (Å²) < 4.78 is 0. The topological polar surface area (TPSA) is 37.8 Å². The summed E-state index contributed by atoms with van der Waals surface area (Å²) in [5, 5.41) is 3.27. The lowest BCUT2D eigenvalue weighted by Gasteiger charge is -2.26. The van der Waals surface area contributed by atoms with Gasteiger partial charge in [-0.2, -0.15) is 0 Å². The highest BCUT2D eigenvalue weighted by molar-refractivity contribution is 5.63. The summed E-state index contributed by atoms with van der Waals surface area (Å²) >= 11 is 0. The smallest absolute Gasteiger partial charge is 0.130 e. The first kappa shape index (κ1) is 13.1. The summed E-state index contributed by atoms with van der Waals surface area (Å²) in [4.78, 5) is 8.99. The molecule has 1 N–H and O–H groups in total. The molecular weight excluding hydrogens is 246 g/mol. The Morgan fingerprint density at radius 3 is 2.75 bits per heavy atom. The van der Waals surface area contributed by atoms with Gasteiger partial charge in [0.25, 0.3) is 0 Å². The third-order valence-electron chi connectivity index (χ3n) is 3.95. The highest BCUT2D eigenvalue weighted by atomic mass is 15.0. The molecule has 0 unspecified atom stereocenters. The normalized spacial score (nSPS) is 14.9. The highest BCUT2D eigenvalue weighted by Crippen LogP contribution is 2.37. The second kappa shape index (κ2) is 5.61. The summed E-state index contributed by atoms with van der Waals surface area (Å²) in [6.07, 6.45) is 4.02. The highest BCUT2D eigenvalue weighted by Gasteiger charge is 2.19. The van der Waals surface area contributed by atoms with Crippen LogP contribution in [0.5, 0.6) is 0 Å². The van der Waals surface area contributed by atoms with E-state index >= 15 is 0 Å². The van der Waals surface area contributed by atoms with Crippen molar-refractivity contribution >= 4 is 5.82 Å². The Morgan fingerprint density at radius 2 is 2.05 bits per heavy atom. The van der Waals surface area contributed by atoms with Crippen molar-refractivity contribution in [2.45, 2.75) is 39.0 Å².